The van der Waals surface area contributed by atoms with Crippen LogP contribution < -0.4 is 5.73 Å². The van der Waals surface area contributed by atoms with Crippen molar-refractivity contribution in [1.82, 2.24) is 0 Å². The number of benzene rings is 1. The average molecular weight is 225 g/mol. The van der Waals surface area contributed by atoms with E-state index in [4.69, 9.17) is 5.73 Å². The van der Waals surface area contributed by atoms with Crippen molar-refractivity contribution >= 4 is 11.8 Å². The Labute approximate surface area is 94.2 Å². The first-order valence-electron chi connectivity index (χ1n) is 5.33. The van der Waals surface area contributed by atoms with Crippen molar-refractivity contribution in [3.63, 3.8) is 0 Å². The highest BCUT2D eigenvalue weighted by Gasteiger charge is 2.41. The van der Waals surface area contributed by atoms with Gasteiger partial charge in [0.25, 0.3) is 0 Å². The van der Waals surface area contributed by atoms with E-state index in [1.54, 1.807) is 23.9 Å². The van der Waals surface area contributed by atoms with Crippen molar-refractivity contribution in [2.24, 2.45) is 11.1 Å². The zero-order valence-corrected chi connectivity index (χ0v) is 9.52. The van der Waals surface area contributed by atoms with Crippen LogP contribution in [-0.4, -0.2) is 12.3 Å². The Kier molecular flexibility index (Phi) is 3.32. The third kappa shape index (κ3) is 2.95. The summed E-state index contributed by atoms with van der Waals surface area (Å²) in [5.41, 5.74) is 6.04. The Morgan fingerprint density at radius 2 is 2.20 bits per heavy atom. The lowest BCUT2D eigenvalue weighted by atomic mass is 10.1. The van der Waals surface area contributed by atoms with Gasteiger partial charge in [-0.25, -0.2) is 4.39 Å². The van der Waals surface area contributed by atoms with Crippen molar-refractivity contribution in [2.75, 3.05) is 12.3 Å². The van der Waals surface area contributed by atoms with E-state index in [9.17, 15) is 4.39 Å². The maximum Gasteiger partial charge on any atom is 0.124 e. The van der Waals surface area contributed by atoms with Gasteiger partial charge in [-0.15, -0.1) is 11.8 Å². The van der Waals surface area contributed by atoms with Gasteiger partial charge in [-0.2, -0.15) is 0 Å². The number of hydrogen-bond donors (Lipinski definition) is 1. The molecule has 0 bridgehead atoms. The van der Waals surface area contributed by atoms with Crippen molar-refractivity contribution in [2.45, 2.75) is 24.2 Å². The quantitative estimate of drug-likeness (QED) is 0.779. The monoisotopic (exact) mass is 225 g/mol. The number of thioether (sulfide) groups is 1. The van der Waals surface area contributed by atoms with E-state index in [1.807, 2.05) is 6.07 Å². The number of nitrogens with two attached hydrogens (primary N) is 1. The second-order valence-corrected chi connectivity index (χ2v) is 5.33. The molecule has 3 heteroatoms. The van der Waals surface area contributed by atoms with Crippen LogP contribution in [0.2, 0.25) is 0 Å². The highest BCUT2D eigenvalue weighted by molar-refractivity contribution is 7.99. The van der Waals surface area contributed by atoms with Crippen LogP contribution in [0, 0.1) is 11.2 Å². The summed E-state index contributed by atoms with van der Waals surface area (Å²) in [5, 5.41) is 0. The smallest absolute Gasteiger partial charge is 0.124 e. The summed E-state index contributed by atoms with van der Waals surface area (Å²) in [5.74, 6) is 0.928. The normalized spacial score (nSPS) is 17.7. The lowest BCUT2D eigenvalue weighted by Gasteiger charge is -2.12. The van der Waals surface area contributed by atoms with E-state index in [0.717, 1.165) is 23.6 Å². The zero-order chi connectivity index (χ0) is 10.7. The molecule has 1 nitrogen and oxygen atoms in total. The van der Waals surface area contributed by atoms with E-state index in [-0.39, 0.29) is 5.82 Å². The average Bonchev–Trinajstić information content (AvgIpc) is 2.97. The summed E-state index contributed by atoms with van der Waals surface area (Å²) in [4.78, 5) is 1.03. The Balaban J connectivity index is 1.88. The summed E-state index contributed by atoms with van der Waals surface area (Å²) in [6, 6.07) is 6.81. The van der Waals surface area contributed by atoms with Gasteiger partial charge in [0.05, 0.1) is 0 Å². The van der Waals surface area contributed by atoms with Gasteiger partial charge in [0.2, 0.25) is 0 Å². The third-order valence-electron chi connectivity index (χ3n) is 2.97. The van der Waals surface area contributed by atoms with Gasteiger partial charge in [0, 0.05) is 10.6 Å². The molecule has 15 heavy (non-hydrogen) atoms. The molecule has 1 aromatic rings. The molecule has 0 aliphatic heterocycles. The molecule has 0 atom stereocenters. The largest absolute Gasteiger partial charge is 0.330 e. The molecule has 2 rings (SSSR count). The molecule has 1 aliphatic carbocycles. The lowest BCUT2D eigenvalue weighted by Crippen LogP contribution is -2.11. The summed E-state index contributed by atoms with van der Waals surface area (Å²) < 4.78 is 12.9. The molecule has 0 radical (unpaired) electrons. The second-order valence-electron chi connectivity index (χ2n) is 4.28. The maximum atomic E-state index is 12.9. The van der Waals surface area contributed by atoms with Gasteiger partial charge >= 0.3 is 0 Å². The Bertz CT molecular complexity index is 336. The molecule has 0 aromatic heterocycles. The predicted molar refractivity (Wildman–Crippen MR) is 62.5 cm³/mol. The summed E-state index contributed by atoms with van der Waals surface area (Å²) in [6.07, 6.45) is 3.67. The van der Waals surface area contributed by atoms with Gasteiger partial charge in [0.1, 0.15) is 5.82 Å². The van der Waals surface area contributed by atoms with Gasteiger partial charge < -0.3 is 5.73 Å². The molecule has 0 heterocycles. The molecule has 0 unspecified atom stereocenters. The van der Waals surface area contributed by atoms with Crippen LogP contribution in [-0.2, 0) is 0 Å². The highest BCUT2D eigenvalue weighted by atomic mass is 32.2. The number of hydrogen-bond acceptors (Lipinski definition) is 2. The molecule has 1 fully saturated rings. The Morgan fingerprint density at radius 1 is 1.40 bits per heavy atom. The highest BCUT2D eigenvalue weighted by Crippen LogP contribution is 2.51. The molecule has 0 amide bonds. The van der Waals surface area contributed by atoms with Gasteiger partial charge in [-0.05, 0) is 49.4 Å². The van der Waals surface area contributed by atoms with E-state index in [1.165, 1.54) is 18.9 Å². The van der Waals surface area contributed by atoms with Crippen LogP contribution in [0.25, 0.3) is 0 Å². The maximum absolute atomic E-state index is 12.9. The number of halogens is 1. The van der Waals surface area contributed by atoms with E-state index in [0.29, 0.717) is 5.41 Å². The summed E-state index contributed by atoms with van der Waals surface area (Å²) in [6.45, 7) is 0.768. The zero-order valence-electron chi connectivity index (χ0n) is 8.71. The van der Waals surface area contributed by atoms with Crippen molar-refractivity contribution in [3.8, 4) is 0 Å². The fourth-order valence-electron chi connectivity index (χ4n) is 1.74. The van der Waals surface area contributed by atoms with Gasteiger partial charge in [0.15, 0.2) is 0 Å². The Hall–Kier alpha value is -0.540. The molecule has 1 aliphatic rings. The Morgan fingerprint density at radius 3 is 2.80 bits per heavy atom. The van der Waals surface area contributed by atoms with Crippen LogP contribution in [0.1, 0.15) is 19.3 Å². The topological polar surface area (TPSA) is 26.0 Å². The second kappa shape index (κ2) is 4.54. The molecule has 1 saturated carbocycles. The first-order chi connectivity index (χ1) is 7.24. The minimum atomic E-state index is -0.149. The van der Waals surface area contributed by atoms with Crippen molar-refractivity contribution in [1.29, 1.82) is 0 Å². The van der Waals surface area contributed by atoms with Crippen LogP contribution in [0.4, 0.5) is 4.39 Å². The van der Waals surface area contributed by atoms with Gasteiger partial charge in [-0.1, -0.05) is 6.07 Å². The molecule has 0 spiro atoms. The van der Waals surface area contributed by atoms with Crippen LogP contribution in [0.3, 0.4) is 0 Å². The van der Waals surface area contributed by atoms with E-state index >= 15 is 0 Å². The molecular formula is C12H16FNS. The molecule has 2 N–H and O–H groups in total. The number of rotatable bonds is 5. The van der Waals surface area contributed by atoms with Crippen LogP contribution in [0.15, 0.2) is 29.2 Å². The molecule has 1 aromatic carbocycles. The SMILES string of the molecule is NCCC1(CSc2cccc(F)c2)CC1. The summed E-state index contributed by atoms with van der Waals surface area (Å²) in [7, 11) is 0. The van der Waals surface area contributed by atoms with Crippen molar-refractivity contribution in [3.05, 3.63) is 30.1 Å². The summed E-state index contributed by atoms with van der Waals surface area (Å²) >= 11 is 1.75. The van der Waals surface area contributed by atoms with Crippen LogP contribution >= 0.6 is 11.8 Å². The molecule has 82 valence electrons. The third-order valence-corrected chi connectivity index (χ3v) is 4.32. The first kappa shape index (κ1) is 11.0. The lowest BCUT2D eigenvalue weighted by molar-refractivity contribution is 0.537. The fraction of sp³-hybridized carbons (Fsp3) is 0.500. The van der Waals surface area contributed by atoms with E-state index < -0.39 is 0 Å². The fourth-order valence-corrected chi connectivity index (χ4v) is 3.02. The van der Waals surface area contributed by atoms with Gasteiger partial charge in [-0.3, -0.25) is 0 Å². The first-order valence-corrected chi connectivity index (χ1v) is 6.31. The standard InChI is InChI=1S/C12H16FNS/c13-10-2-1-3-11(8-10)15-9-12(4-5-12)6-7-14/h1-3,8H,4-7,9,14H2. The molecule has 0 saturated heterocycles. The predicted octanol–water partition coefficient (Wildman–Crippen LogP) is 3.05. The molecular weight excluding hydrogens is 209 g/mol. The van der Waals surface area contributed by atoms with E-state index in [2.05, 4.69) is 0 Å². The van der Waals surface area contributed by atoms with Crippen molar-refractivity contribution < 1.29 is 4.39 Å². The minimum Gasteiger partial charge on any atom is -0.330 e. The van der Waals surface area contributed by atoms with Crippen LogP contribution in [0.5, 0.6) is 0 Å². The minimum absolute atomic E-state index is 0.149.